The molecule has 1 saturated heterocycles. The highest BCUT2D eigenvalue weighted by atomic mass is 16.5. The maximum absolute atomic E-state index is 12.5. The number of furan rings is 1. The first-order valence-corrected chi connectivity index (χ1v) is 9.67. The van der Waals surface area contributed by atoms with Crippen molar-refractivity contribution in [3.63, 3.8) is 0 Å². The molecule has 0 bridgehead atoms. The molecule has 0 unspecified atom stereocenters. The van der Waals surface area contributed by atoms with Crippen LogP contribution in [0.5, 0.6) is 0 Å². The normalized spacial score (nSPS) is 20.6. The van der Waals surface area contributed by atoms with Crippen molar-refractivity contribution in [2.75, 3.05) is 39.3 Å². The number of hydrogen-bond donors (Lipinski definition) is 3. The van der Waals surface area contributed by atoms with Gasteiger partial charge in [-0.2, -0.15) is 0 Å². The zero-order chi connectivity index (χ0) is 20.1. The van der Waals surface area contributed by atoms with E-state index >= 15 is 0 Å². The van der Waals surface area contributed by atoms with Gasteiger partial charge in [0.1, 0.15) is 6.54 Å². The molecule has 0 aliphatic carbocycles. The van der Waals surface area contributed by atoms with Crippen LogP contribution < -0.4 is 15.5 Å². The number of carbonyl (C=O) groups is 3. The van der Waals surface area contributed by atoms with Gasteiger partial charge in [-0.05, 0) is 25.5 Å². The fourth-order valence-electron chi connectivity index (χ4n) is 3.61. The number of piperazine rings is 1. The molecule has 152 valence electrons. The molecular formula is C19H27N4O5+. The van der Waals surface area contributed by atoms with Gasteiger partial charge in [-0.25, -0.2) is 9.59 Å². The van der Waals surface area contributed by atoms with Crippen molar-refractivity contribution in [3.05, 3.63) is 35.4 Å². The molecule has 3 rings (SSSR count). The third-order valence-electron chi connectivity index (χ3n) is 5.06. The first kappa shape index (κ1) is 19.9. The average Bonchev–Trinajstić information content (AvgIpc) is 3.22. The quantitative estimate of drug-likeness (QED) is 0.569. The zero-order valence-corrected chi connectivity index (χ0v) is 16.2. The van der Waals surface area contributed by atoms with E-state index in [2.05, 4.69) is 10.6 Å². The van der Waals surface area contributed by atoms with Crippen LogP contribution in [0.1, 0.15) is 30.8 Å². The van der Waals surface area contributed by atoms with Crippen LogP contribution in [0.25, 0.3) is 0 Å². The highest BCUT2D eigenvalue weighted by molar-refractivity contribution is 5.94. The standard InChI is InChI=1S/C19H26N4O5/c1-3-13-16(18(25)27-4-2)14(21-19(26)20-13)12-22-7-9-23(10-8-22)17(24)15-6-5-11-28-15/h5-6,11,13H,3-4,7-10,12H2,1-2H3,(H2,20,21,26)/p+1/t13-/m0/s1. The van der Waals surface area contributed by atoms with Gasteiger partial charge in [-0.1, -0.05) is 6.92 Å². The number of hydrogen-bond acceptors (Lipinski definition) is 5. The van der Waals surface area contributed by atoms with E-state index < -0.39 is 5.97 Å². The van der Waals surface area contributed by atoms with E-state index in [0.717, 1.165) is 0 Å². The van der Waals surface area contributed by atoms with Gasteiger partial charge in [0.15, 0.2) is 5.76 Å². The van der Waals surface area contributed by atoms with Crippen LogP contribution in [0.4, 0.5) is 4.79 Å². The molecule has 0 spiro atoms. The van der Waals surface area contributed by atoms with Crippen molar-refractivity contribution < 1.29 is 28.4 Å². The van der Waals surface area contributed by atoms with Crippen LogP contribution in [0.3, 0.4) is 0 Å². The second kappa shape index (κ2) is 8.92. The van der Waals surface area contributed by atoms with Crippen molar-refractivity contribution in [2.24, 2.45) is 0 Å². The molecule has 0 aromatic carbocycles. The summed E-state index contributed by atoms with van der Waals surface area (Å²) in [5, 5.41) is 5.57. The third kappa shape index (κ3) is 4.36. The zero-order valence-electron chi connectivity index (χ0n) is 16.2. The molecule has 2 aliphatic heterocycles. The van der Waals surface area contributed by atoms with Gasteiger partial charge < -0.3 is 29.6 Å². The molecule has 3 heterocycles. The Kier molecular flexibility index (Phi) is 6.35. The lowest BCUT2D eigenvalue weighted by Gasteiger charge is -2.34. The molecule has 0 radical (unpaired) electrons. The lowest BCUT2D eigenvalue weighted by atomic mass is 10.00. The summed E-state index contributed by atoms with van der Waals surface area (Å²) < 4.78 is 10.4. The summed E-state index contributed by atoms with van der Waals surface area (Å²) in [4.78, 5) is 39.8. The van der Waals surface area contributed by atoms with Gasteiger partial charge in [0, 0.05) is 0 Å². The monoisotopic (exact) mass is 391 g/mol. The van der Waals surface area contributed by atoms with Gasteiger partial charge >= 0.3 is 12.0 Å². The first-order valence-electron chi connectivity index (χ1n) is 9.67. The van der Waals surface area contributed by atoms with Crippen molar-refractivity contribution in [1.29, 1.82) is 0 Å². The number of urea groups is 1. The van der Waals surface area contributed by atoms with E-state index in [0.29, 0.717) is 56.2 Å². The molecule has 28 heavy (non-hydrogen) atoms. The van der Waals surface area contributed by atoms with E-state index in [-0.39, 0.29) is 24.6 Å². The topological polar surface area (TPSA) is 105 Å². The predicted octanol–water partition coefficient (Wildman–Crippen LogP) is -0.471. The second-order valence-electron chi connectivity index (χ2n) is 6.87. The summed E-state index contributed by atoms with van der Waals surface area (Å²) in [7, 11) is 0. The molecule has 9 nitrogen and oxygen atoms in total. The molecule has 3 amide bonds. The Morgan fingerprint density at radius 1 is 1.32 bits per heavy atom. The fourth-order valence-corrected chi connectivity index (χ4v) is 3.61. The van der Waals surface area contributed by atoms with Crippen molar-refractivity contribution in [1.82, 2.24) is 15.5 Å². The number of amides is 3. The Labute approximate surface area is 163 Å². The van der Waals surface area contributed by atoms with Crippen molar-refractivity contribution >= 4 is 17.9 Å². The third-order valence-corrected chi connectivity index (χ3v) is 5.06. The largest absolute Gasteiger partial charge is 0.463 e. The molecule has 1 aromatic heterocycles. The van der Waals surface area contributed by atoms with Crippen LogP contribution in [0, 0.1) is 0 Å². The first-order chi connectivity index (χ1) is 13.5. The van der Waals surface area contributed by atoms with E-state index in [1.165, 1.54) is 11.2 Å². The molecule has 2 aliphatic rings. The van der Waals surface area contributed by atoms with E-state index in [4.69, 9.17) is 9.15 Å². The molecular weight excluding hydrogens is 364 g/mol. The smallest absolute Gasteiger partial charge is 0.338 e. The highest BCUT2D eigenvalue weighted by Crippen LogP contribution is 2.16. The van der Waals surface area contributed by atoms with Crippen LogP contribution in [0.2, 0.25) is 0 Å². The van der Waals surface area contributed by atoms with Crippen molar-refractivity contribution in [3.8, 4) is 0 Å². The number of ether oxygens (including phenoxy) is 1. The van der Waals surface area contributed by atoms with E-state index in [1.807, 2.05) is 6.92 Å². The molecule has 9 heteroatoms. The average molecular weight is 391 g/mol. The Balaban J connectivity index is 1.68. The lowest BCUT2D eigenvalue weighted by Crippen LogP contribution is -3.15. The Bertz CT molecular complexity index is 750. The minimum atomic E-state index is -0.400. The summed E-state index contributed by atoms with van der Waals surface area (Å²) in [5.74, 6) is -0.174. The maximum atomic E-state index is 12.5. The molecule has 0 saturated carbocycles. The number of quaternary nitrogens is 1. The number of esters is 1. The van der Waals surface area contributed by atoms with E-state index in [1.54, 1.807) is 24.0 Å². The summed E-state index contributed by atoms with van der Waals surface area (Å²) in [5.41, 5.74) is 1.10. The molecule has 3 N–H and O–H groups in total. The van der Waals surface area contributed by atoms with Crippen molar-refractivity contribution in [2.45, 2.75) is 26.3 Å². The van der Waals surface area contributed by atoms with Gasteiger partial charge in [0.25, 0.3) is 5.91 Å². The number of carbonyl (C=O) groups excluding carboxylic acids is 3. The lowest BCUT2D eigenvalue weighted by molar-refractivity contribution is -0.899. The molecule has 1 fully saturated rings. The fraction of sp³-hybridized carbons (Fsp3) is 0.526. The minimum absolute atomic E-state index is 0.114. The number of nitrogens with one attached hydrogen (secondary N) is 3. The van der Waals surface area contributed by atoms with Crippen LogP contribution in [0.15, 0.2) is 34.1 Å². The van der Waals surface area contributed by atoms with Crippen LogP contribution in [-0.4, -0.2) is 68.2 Å². The minimum Gasteiger partial charge on any atom is -0.463 e. The summed E-state index contributed by atoms with van der Waals surface area (Å²) in [6.07, 6.45) is 2.09. The second-order valence-corrected chi connectivity index (χ2v) is 6.87. The summed E-state index contributed by atoms with van der Waals surface area (Å²) in [6.45, 7) is 7.05. The number of rotatable bonds is 6. The van der Waals surface area contributed by atoms with Gasteiger partial charge in [0.2, 0.25) is 0 Å². The Hall–Kier alpha value is -2.81. The Morgan fingerprint density at radius 3 is 2.68 bits per heavy atom. The van der Waals surface area contributed by atoms with Gasteiger partial charge in [0.05, 0.1) is 56.4 Å². The predicted molar refractivity (Wildman–Crippen MR) is 99.6 cm³/mol. The molecule has 1 aromatic rings. The summed E-state index contributed by atoms with van der Waals surface area (Å²) in [6, 6.07) is 2.69. The summed E-state index contributed by atoms with van der Waals surface area (Å²) >= 11 is 0. The SMILES string of the molecule is CCOC(=O)C1=C(C[NH+]2CCN(C(=O)c3ccco3)CC2)NC(=O)N[C@H]1CC. The number of nitrogens with zero attached hydrogens (tertiary/aromatic N) is 1. The van der Waals surface area contributed by atoms with Crippen LogP contribution >= 0.6 is 0 Å². The Morgan fingerprint density at radius 2 is 2.07 bits per heavy atom. The van der Waals surface area contributed by atoms with Gasteiger partial charge in [-0.3, -0.25) is 4.79 Å². The maximum Gasteiger partial charge on any atom is 0.338 e. The van der Waals surface area contributed by atoms with Crippen LogP contribution in [-0.2, 0) is 9.53 Å². The van der Waals surface area contributed by atoms with Gasteiger partial charge in [-0.15, -0.1) is 0 Å². The highest BCUT2D eigenvalue weighted by Gasteiger charge is 2.34. The van der Waals surface area contributed by atoms with E-state index in [9.17, 15) is 14.4 Å². The molecule has 1 atom stereocenters.